The lowest BCUT2D eigenvalue weighted by atomic mass is 10.4. The molecule has 2 N–H and O–H groups in total. The number of thioether (sulfide) groups is 1. The van der Waals surface area contributed by atoms with Gasteiger partial charge in [0.1, 0.15) is 0 Å². The first-order chi connectivity index (χ1) is 5.70. The second-order valence-corrected chi connectivity index (χ2v) is 4.43. The highest BCUT2D eigenvalue weighted by atomic mass is 32.2. The van der Waals surface area contributed by atoms with Crippen molar-refractivity contribution in [2.24, 2.45) is 0 Å². The van der Waals surface area contributed by atoms with Crippen LogP contribution >= 0.6 is 11.8 Å². The highest BCUT2D eigenvalue weighted by Gasteiger charge is 2.19. The minimum absolute atomic E-state index is 0.333. The van der Waals surface area contributed by atoms with Crippen molar-refractivity contribution in [2.75, 3.05) is 5.75 Å². The maximum atomic E-state index is 10.2. The second-order valence-electron chi connectivity index (χ2n) is 3.09. The van der Waals surface area contributed by atoms with Crippen molar-refractivity contribution in [2.45, 2.75) is 37.0 Å². The van der Waals surface area contributed by atoms with E-state index in [1.54, 1.807) is 11.8 Å². The van der Waals surface area contributed by atoms with Crippen LogP contribution in [0.1, 0.15) is 25.7 Å². The maximum Gasteiger partial charge on any atom is 0.333 e. The monoisotopic (exact) mass is 190 g/mol. The first kappa shape index (κ1) is 9.86. The minimum Gasteiger partial charge on any atom is -0.479 e. The van der Waals surface area contributed by atoms with Crippen molar-refractivity contribution in [1.82, 2.24) is 0 Å². The third-order valence-electron chi connectivity index (χ3n) is 2.08. The molecular weight excluding hydrogens is 176 g/mol. The van der Waals surface area contributed by atoms with Crippen LogP contribution in [0.25, 0.3) is 0 Å². The van der Waals surface area contributed by atoms with E-state index in [1.807, 2.05) is 0 Å². The molecule has 0 spiro atoms. The number of hydrogen-bond acceptors (Lipinski definition) is 3. The fraction of sp³-hybridized carbons (Fsp3) is 0.875. The molecule has 1 atom stereocenters. The molecule has 12 heavy (non-hydrogen) atoms. The molecule has 0 bridgehead atoms. The Bertz CT molecular complexity index is 154. The van der Waals surface area contributed by atoms with E-state index in [4.69, 9.17) is 10.2 Å². The summed E-state index contributed by atoms with van der Waals surface area (Å²) in [4.78, 5) is 10.2. The lowest BCUT2D eigenvalue weighted by Gasteiger charge is -2.09. The fourth-order valence-corrected chi connectivity index (χ4v) is 2.62. The Hall–Kier alpha value is -0.220. The molecule has 1 saturated carbocycles. The molecule has 1 aliphatic carbocycles. The number of aliphatic carboxylic acids is 1. The Kier molecular flexibility index (Phi) is 3.88. The summed E-state index contributed by atoms with van der Waals surface area (Å²) < 4.78 is 0. The summed E-state index contributed by atoms with van der Waals surface area (Å²) in [6, 6.07) is 0. The van der Waals surface area contributed by atoms with Crippen molar-refractivity contribution in [1.29, 1.82) is 0 Å². The van der Waals surface area contributed by atoms with Crippen molar-refractivity contribution >= 4 is 17.7 Å². The van der Waals surface area contributed by atoms with Gasteiger partial charge in [-0.1, -0.05) is 12.8 Å². The Balaban J connectivity index is 2.11. The van der Waals surface area contributed by atoms with Crippen LogP contribution in [0.15, 0.2) is 0 Å². The topological polar surface area (TPSA) is 57.5 Å². The Morgan fingerprint density at radius 3 is 2.58 bits per heavy atom. The standard InChI is InChI=1S/C8H14O3S/c9-7(8(10)11)5-12-6-3-1-2-4-6/h6-7,9H,1-5H2,(H,10,11). The lowest BCUT2D eigenvalue weighted by molar-refractivity contribution is -0.145. The SMILES string of the molecule is O=C(O)C(O)CSC1CCCC1. The molecule has 0 radical (unpaired) electrons. The molecule has 1 aliphatic rings. The number of rotatable bonds is 4. The highest BCUT2D eigenvalue weighted by molar-refractivity contribution is 7.99. The van der Waals surface area contributed by atoms with Gasteiger partial charge < -0.3 is 10.2 Å². The summed E-state index contributed by atoms with van der Waals surface area (Å²) in [5.41, 5.74) is 0. The van der Waals surface area contributed by atoms with E-state index < -0.39 is 12.1 Å². The molecule has 0 heterocycles. The smallest absolute Gasteiger partial charge is 0.333 e. The number of aliphatic hydroxyl groups excluding tert-OH is 1. The molecule has 0 aromatic rings. The van der Waals surface area contributed by atoms with E-state index in [0.29, 0.717) is 11.0 Å². The molecule has 0 aromatic carbocycles. The normalized spacial score (nSPS) is 21.1. The van der Waals surface area contributed by atoms with Gasteiger partial charge in [0, 0.05) is 11.0 Å². The number of hydrogen-bond donors (Lipinski definition) is 2. The van der Waals surface area contributed by atoms with E-state index >= 15 is 0 Å². The predicted octanol–water partition coefficient (Wildman–Crippen LogP) is 1.11. The summed E-state index contributed by atoms with van der Waals surface area (Å²) in [6.45, 7) is 0. The molecule has 0 aliphatic heterocycles. The van der Waals surface area contributed by atoms with E-state index in [9.17, 15) is 4.79 Å². The minimum atomic E-state index is -1.18. The van der Waals surface area contributed by atoms with Crippen LogP contribution in [0, 0.1) is 0 Å². The molecule has 0 amide bonds. The van der Waals surface area contributed by atoms with Crippen LogP contribution in [-0.4, -0.2) is 33.3 Å². The largest absolute Gasteiger partial charge is 0.479 e. The fourth-order valence-electron chi connectivity index (χ4n) is 1.35. The van der Waals surface area contributed by atoms with Gasteiger partial charge in [0.2, 0.25) is 0 Å². The lowest BCUT2D eigenvalue weighted by Crippen LogP contribution is -2.23. The quantitative estimate of drug-likeness (QED) is 0.697. The van der Waals surface area contributed by atoms with Crippen molar-refractivity contribution in [3.05, 3.63) is 0 Å². The zero-order chi connectivity index (χ0) is 8.97. The predicted molar refractivity (Wildman–Crippen MR) is 48.4 cm³/mol. The Morgan fingerprint density at radius 2 is 2.08 bits per heavy atom. The first-order valence-corrected chi connectivity index (χ1v) is 5.27. The molecular formula is C8H14O3S. The maximum absolute atomic E-state index is 10.2. The van der Waals surface area contributed by atoms with Crippen LogP contribution in [0.5, 0.6) is 0 Å². The zero-order valence-corrected chi connectivity index (χ0v) is 7.72. The second kappa shape index (κ2) is 4.72. The molecule has 70 valence electrons. The van der Waals surface area contributed by atoms with Crippen LogP contribution < -0.4 is 0 Å². The van der Waals surface area contributed by atoms with Crippen molar-refractivity contribution in [3.8, 4) is 0 Å². The summed E-state index contributed by atoms with van der Waals surface area (Å²) in [6.07, 6.45) is 3.67. The molecule has 4 heteroatoms. The Labute approximate surface area is 76.2 Å². The van der Waals surface area contributed by atoms with Gasteiger partial charge in [0.15, 0.2) is 6.10 Å². The van der Waals surface area contributed by atoms with Gasteiger partial charge in [0.05, 0.1) is 0 Å². The van der Waals surface area contributed by atoms with E-state index in [1.165, 1.54) is 25.7 Å². The van der Waals surface area contributed by atoms with E-state index in [-0.39, 0.29) is 0 Å². The average Bonchev–Trinajstić information content (AvgIpc) is 2.51. The Morgan fingerprint density at radius 1 is 1.50 bits per heavy atom. The van der Waals surface area contributed by atoms with Crippen LogP contribution in [-0.2, 0) is 4.79 Å². The highest BCUT2D eigenvalue weighted by Crippen LogP contribution is 2.29. The van der Waals surface area contributed by atoms with Crippen LogP contribution in [0.3, 0.4) is 0 Å². The molecule has 0 aromatic heterocycles. The zero-order valence-electron chi connectivity index (χ0n) is 6.90. The molecule has 0 saturated heterocycles. The molecule has 1 rings (SSSR count). The van der Waals surface area contributed by atoms with Crippen molar-refractivity contribution < 1.29 is 15.0 Å². The van der Waals surface area contributed by atoms with Gasteiger partial charge in [-0.2, -0.15) is 11.8 Å². The van der Waals surface area contributed by atoms with E-state index in [2.05, 4.69) is 0 Å². The first-order valence-electron chi connectivity index (χ1n) is 4.22. The number of carboxylic acid groups (broad SMARTS) is 1. The van der Waals surface area contributed by atoms with Gasteiger partial charge in [-0.05, 0) is 12.8 Å². The third-order valence-corrected chi connectivity index (χ3v) is 3.53. The number of carbonyl (C=O) groups is 1. The van der Waals surface area contributed by atoms with E-state index in [0.717, 1.165) is 0 Å². The number of carboxylic acids is 1. The summed E-state index contributed by atoms with van der Waals surface area (Å²) in [7, 11) is 0. The van der Waals surface area contributed by atoms with Gasteiger partial charge in [-0.15, -0.1) is 0 Å². The van der Waals surface area contributed by atoms with Crippen LogP contribution in [0.2, 0.25) is 0 Å². The van der Waals surface area contributed by atoms with Gasteiger partial charge in [-0.25, -0.2) is 4.79 Å². The van der Waals surface area contributed by atoms with Gasteiger partial charge >= 0.3 is 5.97 Å². The van der Waals surface area contributed by atoms with Gasteiger partial charge in [0.25, 0.3) is 0 Å². The summed E-state index contributed by atoms with van der Waals surface area (Å²) >= 11 is 1.59. The summed E-state index contributed by atoms with van der Waals surface area (Å²) in [5.74, 6) is -0.777. The van der Waals surface area contributed by atoms with Crippen LogP contribution in [0.4, 0.5) is 0 Å². The average molecular weight is 190 g/mol. The van der Waals surface area contributed by atoms with Gasteiger partial charge in [-0.3, -0.25) is 0 Å². The number of aliphatic hydroxyl groups is 1. The molecule has 1 fully saturated rings. The summed E-state index contributed by atoms with van der Waals surface area (Å²) in [5, 5.41) is 17.9. The van der Waals surface area contributed by atoms with Crippen molar-refractivity contribution in [3.63, 3.8) is 0 Å². The molecule has 1 unspecified atom stereocenters. The third kappa shape index (κ3) is 3.03. The molecule has 3 nitrogen and oxygen atoms in total.